The molecule has 0 spiro atoms. The van der Waals surface area contributed by atoms with E-state index in [-0.39, 0.29) is 23.7 Å². The third kappa shape index (κ3) is 6.44. The SMILES string of the molecule is CC(C)(C)OC(=O)N1C2CCC(C2)C1C(=O)NC(C#N)CCc1ccc(C2CCCN(C3CCOC3)C2)cc1F. The van der Waals surface area contributed by atoms with Crippen LogP contribution in [0.25, 0.3) is 0 Å². The normalized spacial score (nSPS) is 29.3. The number of benzene rings is 1. The van der Waals surface area contributed by atoms with Gasteiger partial charge in [-0.25, -0.2) is 9.18 Å². The van der Waals surface area contributed by atoms with Crippen LogP contribution in [0.3, 0.4) is 0 Å². The van der Waals surface area contributed by atoms with Crippen molar-refractivity contribution in [1.29, 1.82) is 5.26 Å². The predicted molar refractivity (Wildman–Crippen MR) is 148 cm³/mol. The molecule has 218 valence electrons. The molecule has 3 aliphatic heterocycles. The number of hydrogen-bond acceptors (Lipinski definition) is 6. The minimum Gasteiger partial charge on any atom is -0.444 e. The first kappa shape index (κ1) is 28.8. The lowest BCUT2D eigenvalue weighted by Crippen LogP contribution is -2.55. The summed E-state index contributed by atoms with van der Waals surface area (Å²) in [6.07, 6.45) is 5.89. The van der Waals surface area contributed by atoms with Gasteiger partial charge in [-0.1, -0.05) is 12.1 Å². The molecule has 3 heterocycles. The summed E-state index contributed by atoms with van der Waals surface area (Å²) in [4.78, 5) is 30.3. The number of halogens is 1. The Balaban J connectivity index is 1.17. The van der Waals surface area contributed by atoms with Crippen LogP contribution in [0, 0.1) is 23.1 Å². The topological polar surface area (TPSA) is 94.9 Å². The first-order chi connectivity index (χ1) is 19.1. The molecule has 2 bridgehead atoms. The van der Waals surface area contributed by atoms with Crippen molar-refractivity contribution >= 4 is 12.0 Å². The van der Waals surface area contributed by atoms with Gasteiger partial charge in [-0.05, 0) is 108 Å². The summed E-state index contributed by atoms with van der Waals surface area (Å²) in [7, 11) is 0. The van der Waals surface area contributed by atoms with Crippen LogP contribution in [-0.2, 0) is 20.7 Å². The maximum Gasteiger partial charge on any atom is 0.411 e. The summed E-state index contributed by atoms with van der Waals surface area (Å²) in [6.45, 7) is 9.04. The average molecular weight is 555 g/mol. The standard InChI is InChI=1S/C31H43FN4O4/c1-31(2,3)40-30(38)36-25-11-9-22(15-25)28(36)29(37)34-24(17-33)10-8-20-6-7-21(16-27(20)32)23-5-4-13-35(18-23)26-12-14-39-19-26/h6-7,16,22-26,28H,4-5,8-15,18-19H2,1-3H3,(H,34,37). The highest BCUT2D eigenvalue weighted by Crippen LogP contribution is 2.43. The molecule has 40 heavy (non-hydrogen) atoms. The van der Waals surface area contributed by atoms with Crippen molar-refractivity contribution in [2.75, 3.05) is 26.3 Å². The van der Waals surface area contributed by atoms with Crippen molar-refractivity contribution in [3.63, 3.8) is 0 Å². The molecule has 1 aromatic carbocycles. The number of ether oxygens (including phenoxy) is 2. The number of nitriles is 1. The molecular formula is C31H43FN4O4. The number of fused-ring (bicyclic) bond motifs is 2. The van der Waals surface area contributed by atoms with Crippen LogP contribution in [-0.4, -0.2) is 77.9 Å². The summed E-state index contributed by atoms with van der Waals surface area (Å²) in [5, 5.41) is 12.6. The molecule has 5 rings (SSSR count). The van der Waals surface area contributed by atoms with Gasteiger partial charge >= 0.3 is 6.09 Å². The molecule has 6 unspecified atom stereocenters. The van der Waals surface area contributed by atoms with Gasteiger partial charge < -0.3 is 14.8 Å². The molecule has 1 N–H and O–H groups in total. The van der Waals surface area contributed by atoms with Gasteiger partial charge in [-0.3, -0.25) is 14.6 Å². The maximum atomic E-state index is 15.2. The molecular weight excluding hydrogens is 511 g/mol. The van der Waals surface area contributed by atoms with E-state index in [1.807, 2.05) is 12.1 Å². The zero-order valence-electron chi connectivity index (χ0n) is 24.0. The van der Waals surface area contributed by atoms with Crippen molar-refractivity contribution in [2.24, 2.45) is 5.92 Å². The highest BCUT2D eigenvalue weighted by atomic mass is 19.1. The third-order valence-electron chi connectivity index (χ3n) is 9.06. The monoisotopic (exact) mass is 554 g/mol. The highest BCUT2D eigenvalue weighted by molar-refractivity contribution is 5.87. The van der Waals surface area contributed by atoms with Gasteiger partial charge in [0, 0.05) is 25.2 Å². The number of likely N-dealkylation sites (tertiary alicyclic amines) is 2. The van der Waals surface area contributed by atoms with Gasteiger partial charge in [0.25, 0.3) is 0 Å². The third-order valence-corrected chi connectivity index (χ3v) is 9.06. The zero-order valence-corrected chi connectivity index (χ0v) is 24.0. The molecule has 0 aromatic heterocycles. The molecule has 4 fully saturated rings. The van der Waals surface area contributed by atoms with E-state index in [1.54, 1.807) is 31.7 Å². The van der Waals surface area contributed by atoms with E-state index in [4.69, 9.17) is 9.47 Å². The number of aryl methyl sites for hydroxylation is 1. The molecule has 9 heteroatoms. The van der Waals surface area contributed by atoms with Crippen molar-refractivity contribution in [3.05, 3.63) is 35.1 Å². The molecule has 2 amide bonds. The number of carbonyl (C=O) groups is 2. The Bertz CT molecular complexity index is 1130. The van der Waals surface area contributed by atoms with Crippen molar-refractivity contribution in [1.82, 2.24) is 15.1 Å². The van der Waals surface area contributed by atoms with E-state index in [0.29, 0.717) is 30.4 Å². The molecule has 1 aromatic rings. The first-order valence-electron chi connectivity index (χ1n) is 14.9. The van der Waals surface area contributed by atoms with Crippen LogP contribution in [0.5, 0.6) is 0 Å². The largest absolute Gasteiger partial charge is 0.444 e. The molecule has 1 aliphatic carbocycles. The fraction of sp³-hybridized carbons (Fsp3) is 0.710. The number of rotatable bonds is 7. The fourth-order valence-electron chi connectivity index (χ4n) is 7.07. The van der Waals surface area contributed by atoms with Gasteiger partial charge in [-0.2, -0.15) is 5.26 Å². The molecule has 1 saturated carbocycles. The molecule has 8 nitrogen and oxygen atoms in total. The molecule has 3 saturated heterocycles. The van der Waals surface area contributed by atoms with Crippen LogP contribution in [0.4, 0.5) is 9.18 Å². The Morgan fingerprint density at radius 1 is 1.23 bits per heavy atom. The van der Waals surface area contributed by atoms with Crippen molar-refractivity contribution < 1.29 is 23.5 Å². The number of nitrogens with one attached hydrogen (secondary N) is 1. The van der Waals surface area contributed by atoms with Gasteiger partial charge in [0.05, 0.1) is 12.7 Å². The van der Waals surface area contributed by atoms with Gasteiger partial charge in [-0.15, -0.1) is 0 Å². The lowest BCUT2D eigenvalue weighted by atomic mass is 9.88. The Morgan fingerprint density at radius 3 is 2.75 bits per heavy atom. The quantitative estimate of drug-likeness (QED) is 0.533. The summed E-state index contributed by atoms with van der Waals surface area (Å²) >= 11 is 0. The van der Waals surface area contributed by atoms with Crippen LogP contribution in [0.1, 0.15) is 82.8 Å². The number of nitrogens with zero attached hydrogens (tertiary/aromatic N) is 3. The van der Waals surface area contributed by atoms with E-state index >= 15 is 4.39 Å². The van der Waals surface area contributed by atoms with Crippen LogP contribution >= 0.6 is 0 Å². The van der Waals surface area contributed by atoms with Gasteiger partial charge in [0.1, 0.15) is 23.5 Å². The van der Waals surface area contributed by atoms with E-state index in [2.05, 4.69) is 16.3 Å². The van der Waals surface area contributed by atoms with Gasteiger partial charge in [0.2, 0.25) is 5.91 Å². The minimum atomic E-state index is -0.772. The number of carbonyl (C=O) groups excluding carboxylic acids is 2. The smallest absolute Gasteiger partial charge is 0.411 e. The van der Waals surface area contributed by atoms with Crippen LogP contribution in [0.2, 0.25) is 0 Å². The van der Waals surface area contributed by atoms with Crippen molar-refractivity contribution in [2.45, 2.75) is 108 Å². The number of amides is 2. The molecule has 4 aliphatic rings. The van der Waals surface area contributed by atoms with Crippen molar-refractivity contribution in [3.8, 4) is 6.07 Å². The lowest BCUT2D eigenvalue weighted by molar-refractivity contribution is -0.128. The Kier molecular flexibility index (Phi) is 8.67. The second-order valence-electron chi connectivity index (χ2n) is 13.0. The Morgan fingerprint density at radius 2 is 2.05 bits per heavy atom. The number of piperidine rings is 2. The fourth-order valence-corrected chi connectivity index (χ4v) is 7.07. The van der Waals surface area contributed by atoms with Crippen LogP contribution < -0.4 is 5.32 Å². The maximum absolute atomic E-state index is 15.2. The van der Waals surface area contributed by atoms with Gasteiger partial charge in [0.15, 0.2) is 0 Å². The minimum absolute atomic E-state index is 0.00788. The summed E-state index contributed by atoms with van der Waals surface area (Å²) in [6, 6.07) is 6.73. The molecule has 6 atom stereocenters. The Hall–Kier alpha value is -2.70. The van der Waals surface area contributed by atoms with Crippen LogP contribution in [0.15, 0.2) is 18.2 Å². The summed E-state index contributed by atoms with van der Waals surface area (Å²) < 4.78 is 26.3. The first-order valence-corrected chi connectivity index (χ1v) is 14.9. The highest BCUT2D eigenvalue weighted by Gasteiger charge is 2.52. The second-order valence-corrected chi connectivity index (χ2v) is 13.0. The van der Waals surface area contributed by atoms with E-state index < -0.39 is 23.8 Å². The van der Waals surface area contributed by atoms with E-state index in [1.165, 1.54) is 0 Å². The summed E-state index contributed by atoms with van der Waals surface area (Å²) in [5.74, 6) is -0.210. The zero-order chi connectivity index (χ0) is 28.4. The summed E-state index contributed by atoms with van der Waals surface area (Å²) in [5.41, 5.74) is 0.912. The van der Waals surface area contributed by atoms with E-state index in [0.717, 1.165) is 70.4 Å². The number of hydrogen-bond donors (Lipinski definition) is 1. The average Bonchev–Trinajstić information content (AvgIpc) is 3.69. The molecule has 0 radical (unpaired) electrons. The second kappa shape index (κ2) is 12.0. The lowest BCUT2D eigenvalue weighted by Gasteiger charge is -2.36. The Labute approximate surface area is 237 Å². The predicted octanol–water partition coefficient (Wildman–Crippen LogP) is 4.52. The van der Waals surface area contributed by atoms with E-state index in [9.17, 15) is 14.9 Å².